The van der Waals surface area contributed by atoms with Crippen LogP contribution in [0.4, 0.5) is 0 Å². The number of allylic oxidation sites excluding steroid dienone is 8. The fraction of sp³-hybridized carbons (Fsp3) is 0.733. The second-order valence-electron chi connectivity index (χ2n) is 11.4. The number of epoxide rings is 2. The van der Waals surface area contributed by atoms with E-state index in [0.29, 0.717) is 12.2 Å². The van der Waals surface area contributed by atoms with E-state index in [-0.39, 0.29) is 11.2 Å². The first-order valence-corrected chi connectivity index (χ1v) is 13.0. The minimum atomic E-state index is 0.130. The molecule has 0 aromatic carbocycles. The van der Waals surface area contributed by atoms with Crippen LogP contribution in [0.1, 0.15) is 120 Å². The quantitative estimate of drug-likeness (QED) is 0.143. The highest BCUT2D eigenvalue weighted by molar-refractivity contribution is 5.08. The number of hydrogen-bond donors (Lipinski definition) is 0. The predicted octanol–water partition coefficient (Wildman–Crippen LogP) is 9.03. The molecular formula is C30H50O2. The third-order valence-electron chi connectivity index (χ3n) is 7.15. The third-order valence-corrected chi connectivity index (χ3v) is 7.15. The molecule has 2 fully saturated rings. The van der Waals surface area contributed by atoms with Crippen molar-refractivity contribution in [3.05, 3.63) is 46.6 Å². The van der Waals surface area contributed by atoms with Crippen molar-refractivity contribution in [3.8, 4) is 0 Å². The normalized spacial score (nSPS) is 25.2. The molecule has 0 bridgehead atoms. The molecule has 2 atom stereocenters. The molecule has 0 spiro atoms. The molecule has 0 amide bonds. The second-order valence-corrected chi connectivity index (χ2v) is 11.4. The molecule has 0 aromatic rings. The maximum Gasteiger partial charge on any atom is 0.0892 e. The summed E-state index contributed by atoms with van der Waals surface area (Å²) in [5.41, 5.74) is 6.32. The SMILES string of the molecule is C/C(=C\CC/C=C(\C)CC/C=C(\C)CC[C@@H]1OC1(C)C)CC/C=C(\C)CC[C@@H]1OC1(C)C. The lowest BCUT2D eigenvalue weighted by molar-refractivity contribution is 0.319. The van der Waals surface area contributed by atoms with E-state index in [1.54, 1.807) is 0 Å². The average molecular weight is 443 g/mol. The summed E-state index contributed by atoms with van der Waals surface area (Å²) < 4.78 is 11.4. The van der Waals surface area contributed by atoms with Gasteiger partial charge in [0.1, 0.15) is 0 Å². The largest absolute Gasteiger partial charge is 0.367 e. The molecule has 2 aliphatic heterocycles. The van der Waals surface area contributed by atoms with Crippen LogP contribution in [0.5, 0.6) is 0 Å². The van der Waals surface area contributed by atoms with Gasteiger partial charge in [-0.25, -0.2) is 0 Å². The Kier molecular flexibility index (Phi) is 10.5. The first-order valence-electron chi connectivity index (χ1n) is 13.0. The maximum absolute atomic E-state index is 5.68. The Bertz CT molecular complexity index is 655. The molecule has 2 heteroatoms. The van der Waals surface area contributed by atoms with Crippen molar-refractivity contribution in [3.63, 3.8) is 0 Å². The summed E-state index contributed by atoms with van der Waals surface area (Å²) in [6, 6.07) is 0. The van der Waals surface area contributed by atoms with Crippen molar-refractivity contribution in [1.82, 2.24) is 0 Å². The van der Waals surface area contributed by atoms with E-state index < -0.39 is 0 Å². The maximum atomic E-state index is 5.68. The molecule has 0 N–H and O–H groups in total. The van der Waals surface area contributed by atoms with E-state index in [4.69, 9.17) is 9.47 Å². The zero-order valence-electron chi connectivity index (χ0n) is 22.4. The van der Waals surface area contributed by atoms with Crippen molar-refractivity contribution >= 4 is 0 Å². The third kappa shape index (κ3) is 10.7. The first-order chi connectivity index (χ1) is 15.0. The minimum absolute atomic E-state index is 0.130. The van der Waals surface area contributed by atoms with Gasteiger partial charge in [-0.1, -0.05) is 46.6 Å². The monoisotopic (exact) mass is 442 g/mol. The van der Waals surface area contributed by atoms with Crippen LogP contribution in [0.2, 0.25) is 0 Å². The van der Waals surface area contributed by atoms with Gasteiger partial charge in [0, 0.05) is 0 Å². The van der Waals surface area contributed by atoms with Crippen LogP contribution in [0.3, 0.4) is 0 Å². The topological polar surface area (TPSA) is 25.1 Å². The van der Waals surface area contributed by atoms with E-state index >= 15 is 0 Å². The highest BCUT2D eigenvalue weighted by Gasteiger charge is 2.47. The molecule has 0 aromatic heterocycles. The van der Waals surface area contributed by atoms with Crippen LogP contribution in [0.15, 0.2) is 46.6 Å². The zero-order chi connectivity index (χ0) is 23.8. The van der Waals surface area contributed by atoms with Gasteiger partial charge in [-0.15, -0.1) is 0 Å². The summed E-state index contributed by atoms with van der Waals surface area (Å²) in [4.78, 5) is 0. The Balaban J connectivity index is 1.52. The molecule has 2 heterocycles. The standard InChI is InChI=1S/C30H50O2/c1-23(15-11-17-25(3)19-21-27-29(5,6)31-27)13-9-10-14-24(2)16-12-18-26(4)20-22-28-30(7,8)32-28/h13-14,17-18,27-28H,9-12,15-16,19-22H2,1-8H3/b23-13+,24-14+,25-17+,26-18+/t27-,28-/m0/s1. The van der Waals surface area contributed by atoms with Crippen molar-refractivity contribution in [2.24, 2.45) is 0 Å². The van der Waals surface area contributed by atoms with Gasteiger partial charge in [-0.05, 0) is 120 Å². The summed E-state index contributed by atoms with van der Waals surface area (Å²) in [6.07, 6.45) is 22.3. The van der Waals surface area contributed by atoms with E-state index in [0.717, 1.165) is 25.7 Å². The van der Waals surface area contributed by atoms with Crippen molar-refractivity contribution in [2.45, 2.75) is 143 Å². The van der Waals surface area contributed by atoms with Gasteiger partial charge in [0.2, 0.25) is 0 Å². The fourth-order valence-corrected chi connectivity index (χ4v) is 4.36. The molecule has 2 rings (SSSR count). The molecule has 2 saturated heterocycles. The molecule has 0 aliphatic carbocycles. The number of ether oxygens (including phenoxy) is 2. The van der Waals surface area contributed by atoms with Crippen LogP contribution in [0, 0.1) is 0 Å². The Hall–Kier alpha value is -1.12. The molecule has 182 valence electrons. The lowest BCUT2D eigenvalue weighted by Crippen LogP contribution is -2.02. The van der Waals surface area contributed by atoms with Crippen LogP contribution in [0.25, 0.3) is 0 Å². The van der Waals surface area contributed by atoms with E-state index in [1.807, 2.05) is 0 Å². The molecule has 32 heavy (non-hydrogen) atoms. The van der Waals surface area contributed by atoms with Gasteiger partial charge < -0.3 is 9.47 Å². The number of unbranched alkanes of at least 4 members (excludes halogenated alkanes) is 1. The van der Waals surface area contributed by atoms with Gasteiger partial charge in [0.25, 0.3) is 0 Å². The molecule has 2 aliphatic rings. The first kappa shape index (κ1) is 27.1. The summed E-state index contributed by atoms with van der Waals surface area (Å²) in [5, 5.41) is 0. The molecule has 2 nitrogen and oxygen atoms in total. The van der Waals surface area contributed by atoms with Gasteiger partial charge >= 0.3 is 0 Å². The average Bonchev–Trinajstić information content (AvgIpc) is 3.54. The second kappa shape index (κ2) is 12.4. The van der Waals surface area contributed by atoms with Gasteiger partial charge in [0.15, 0.2) is 0 Å². The lowest BCUT2D eigenvalue weighted by atomic mass is 10.0. The van der Waals surface area contributed by atoms with Gasteiger partial charge in [-0.2, -0.15) is 0 Å². The van der Waals surface area contributed by atoms with Crippen LogP contribution in [-0.2, 0) is 9.47 Å². The van der Waals surface area contributed by atoms with Crippen LogP contribution in [-0.4, -0.2) is 23.4 Å². The number of rotatable bonds is 15. The van der Waals surface area contributed by atoms with E-state index in [2.05, 4.69) is 79.7 Å². The Morgan fingerprint density at radius 2 is 0.812 bits per heavy atom. The summed E-state index contributed by atoms with van der Waals surface area (Å²) >= 11 is 0. The fourth-order valence-electron chi connectivity index (χ4n) is 4.36. The highest BCUT2D eigenvalue weighted by Crippen LogP contribution is 2.39. The summed E-state index contributed by atoms with van der Waals surface area (Å²) in [6.45, 7) is 17.8. The van der Waals surface area contributed by atoms with Gasteiger partial charge in [0.05, 0.1) is 23.4 Å². The van der Waals surface area contributed by atoms with E-state index in [9.17, 15) is 0 Å². The predicted molar refractivity (Wildman–Crippen MR) is 139 cm³/mol. The van der Waals surface area contributed by atoms with Crippen molar-refractivity contribution in [2.75, 3.05) is 0 Å². The van der Waals surface area contributed by atoms with Crippen LogP contribution < -0.4 is 0 Å². The Labute approximate surface area is 199 Å². The van der Waals surface area contributed by atoms with E-state index in [1.165, 1.54) is 60.8 Å². The molecule has 0 unspecified atom stereocenters. The lowest BCUT2D eigenvalue weighted by Gasteiger charge is -2.03. The smallest absolute Gasteiger partial charge is 0.0892 e. The Morgan fingerprint density at radius 1 is 0.531 bits per heavy atom. The van der Waals surface area contributed by atoms with Gasteiger partial charge in [-0.3, -0.25) is 0 Å². The summed E-state index contributed by atoms with van der Waals surface area (Å²) in [7, 11) is 0. The zero-order valence-corrected chi connectivity index (χ0v) is 22.4. The molecular weight excluding hydrogens is 392 g/mol. The highest BCUT2D eigenvalue weighted by atomic mass is 16.6. The molecule has 0 saturated carbocycles. The molecule has 0 radical (unpaired) electrons. The minimum Gasteiger partial charge on any atom is -0.367 e. The van der Waals surface area contributed by atoms with Crippen LogP contribution >= 0.6 is 0 Å². The van der Waals surface area contributed by atoms with Crippen molar-refractivity contribution < 1.29 is 9.47 Å². The summed E-state index contributed by atoms with van der Waals surface area (Å²) in [5.74, 6) is 0. The number of hydrogen-bond acceptors (Lipinski definition) is 2. The Morgan fingerprint density at radius 3 is 1.12 bits per heavy atom. The van der Waals surface area contributed by atoms with Crippen molar-refractivity contribution in [1.29, 1.82) is 0 Å².